The van der Waals surface area contributed by atoms with Gasteiger partial charge in [-0.15, -0.1) is 0 Å². The number of piperazine rings is 1. The summed E-state index contributed by atoms with van der Waals surface area (Å²) in [6.07, 6.45) is 2.74. The molecule has 0 spiro atoms. The zero-order chi connectivity index (χ0) is 16.4. The highest BCUT2D eigenvalue weighted by molar-refractivity contribution is 5.80. The second kappa shape index (κ2) is 6.89. The Bertz CT molecular complexity index is 607. The lowest BCUT2D eigenvalue weighted by atomic mass is 10.1. The van der Waals surface area contributed by atoms with Gasteiger partial charge in [0.05, 0.1) is 0 Å². The monoisotopic (exact) mass is 330 g/mol. The molecule has 1 aliphatic carbocycles. The van der Waals surface area contributed by atoms with Crippen molar-refractivity contribution in [3.8, 4) is 11.5 Å². The Balaban J connectivity index is 1.27. The van der Waals surface area contributed by atoms with E-state index >= 15 is 0 Å². The van der Waals surface area contributed by atoms with Gasteiger partial charge in [-0.3, -0.25) is 9.89 Å². The molecule has 0 unspecified atom stereocenters. The summed E-state index contributed by atoms with van der Waals surface area (Å²) in [6.45, 7) is 6.52. The number of fused-ring (bicyclic) bond motifs is 1. The highest BCUT2D eigenvalue weighted by Crippen LogP contribution is 2.32. The first kappa shape index (κ1) is 15.6. The van der Waals surface area contributed by atoms with Crippen LogP contribution in [-0.4, -0.2) is 62.3 Å². The SMILES string of the molecule is CN=C(NCC1CC1)N1CCN(Cc2ccc3c(c2)OCO3)CC1. The molecule has 1 saturated heterocycles. The van der Waals surface area contributed by atoms with E-state index in [2.05, 4.69) is 32.2 Å². The average Bonchev–Trinajstić information content (AvgIpc) is 3.32. The molecule has 6 nitrogen and oxygen atoms in total. The average molecular weight is 330 g/mol. The molecule has 0 aromatic heterocycles. The summed E-state index contributed by atoms with van der Waals surface area (Å²) in [4.78, 5) is 9.30. The molecule has 0 atom stereocenters. The number of ether oxygens (including phenoxy) is 2. The maximum absolute atomic E-state index is 5.47. The molecule has 2 fully saturated rings. The molecule has 3 aliphatic rings. The predicted octanol–water partition coefficient (Wildman–Crippen LogP) is 1.52. The van der Waals surface area contributed by atoms with Gasteiger partial charge in [-0.05, 0) is 36.5 Å². The van der Waals surface area contributed by atoms with E-state index in [0.29, 0.717) is 6.79 Å². The van der Waals surface area contributed by atoms with Crippen molar-refractivity contribution in [2.75, 3.05) is 46.6 Å². The van der Waals surface area contributed by atoms with E-state index < -0.39 is 0 Å². The third-order valence-corrected chi connectivity index (χ3v) is 4.97. The molecule has 1 N–H and O–H groups in total. The lowest BCUT2D eigenvalue weighted by molar-refractivity contribution is 0.171. The van der Waals surface area contributed by atoms with Gasteiger partial charge >= 0.3 is 0 Å². The molecule has 1 aromatic carbocycles. The normalized spacial score (nSPS) is 21.2. The smallest absolute Gasteiger partial charge is 0.231 e. The number of hydrogen-bond donors (Lipinski definition) is 1. The first-order valence-electron chi connectivity index (χ1n) is 8.88. The first-order valence-corrected chi connectivity index (χ1v) is 8.88. The van der Waals surface area contributed by atoms with Crippen LogP contribution in [-0.2, 0) is 6.54 Å². The standard InChI is InChI=1S/C18H26N4O2/c1-19-18(20-11-14-2-3-14)22-8-6-21(7-9-22)12-15-4-5-16-17(10-15)24-13-23-16/h4-5,10,14H,2-3,6-9,11-13H2,1H3,(H,19,20). The fraction of sp³-hybridized carbons (Fsp3) is 0.611. The lowest BCUT2D eigenvalue weighted by Crippen LogP contribution is -2.52. The maximum Gasteiger partial charge on any atom is 0.231 e. The van der Waals surface area contributed by atoms with Gasteiger partial charge in [-0.2, -0.15) is 0 Å². The zero-order valence-electron chi connectivity index (χ0n) is 14.3. The number of benzene rings is 1. The van der Waals surface area contributed by atoms with Crippen LogP contribution in [0.4, 0.5) is 0 Å². The van der Waals surface area contributed by atoms with Gasteiger partial charge < -0.3 is 19.7 Å². The largest absolute Gasteiger partial charge is 0.454 e. The van der Waals surface area contributed by atoms with Crippen LogP contribution in [0.3, 0.4) is 0 Å². The van der Waals surface area contributed by atoms with Crippen LogP contribution < -0.4 is 14.8 Å². The Kier molecular flexibility index (Phi) is 4.47. The van der Waals surface area contributed by atoms with E-state index in [1.165, 1.54) is 18.4 Å². The molecule has 0 bridgehead atoms. The molecule has 130 valence electrons. The van der Waals surface area contributed by atoms with Crippen molar-refractivity contribution in [1.29, 1.82) is 0 Å². The van der Waals surface area contributed by atoms with Gasteiger partial charge in [0.15, 0.2) is 17.5 Å². The van der Waals surface area contributed by atoms with Crippen molar-refractivity contribution in [3.05, 3.63) is 23.8 Å². The minimum atomic E-state index is 0.338. The summed E-state index contributed by atoms with van der Waals surface area (Å²) in [7, 11) is 1.88. The van der Waals surface area contributed by atoms with E-state index in [4.69, 9.17) is 9.47 Å². The summed E-state index contributed by atoms with van der Waals surface area (Å²) < 4.78 is 10.8. The third kappa shape index (κ3) is 3.59. The number of hydrogen-bond acceptors (Lipinski definition) is 4. The molecule has 24 heavy (non-hydrogen) atoms. The summed E-state index contributed by atoms with van der Waals surface area (Å²) in [5.74, 6) is 3.66. The number of guanidine groups is 1. The van der Waals surface area contributed by atoms with Crippen LogP contribution in [0.25, 0.3) is 0 Å². The number of rotatable bonds is 4. The fourth-order valence-corrected chi connectivity index (χ4v) is 3.31. The molecule has 4 rings (SSSR count). The Morgan fingerprint density at radius 1 is 1.17 bits per heavy atom. The Morgan fingerprint density at radius 2 is 1.96 bits per heavy atom. The van der Waals surface area contributed by atoms with E-state index in [9.17, 15) is 0 Å². The molecule has 0 radical (unpaired) electrons. The molecule has 6 heteroatoms. The number of nitrogens with zero attached hydrogens (tertiary/aromatic N) is 3. The second-order valence-electron chi connectivity index (χ2n) is 6.82. The van der Waals surface area contributed by atoms with Gasteiger partial charge in [0.2, 0.25) is 6.79 Å². The maximum atomic E-state index is 5.47. The third-order valence-electron chi connectivity index (χ3n) is 4.97. The van der Waals surface area contributed by atoms with Crippen LogP contribution in [0.5, 0.6) is 11.5 Å². The molecule has 0 amide bonds. The van der Waals surface area contributed by atoms with Crippen molar-refractivity contribution < 1.29 is 9.47 Å². The van der Waals surface area contributed by atoms with Crippen LogP contribution in [0.2, 0.25) is 0 Å². The number of nitrogens with one attached hydrogen (secondary N) is 1. The summed E-state index contributed by atoms with van der Waals surface area (Å²) in [5, 5.41) is 3.52. The lowest BCUT2D eigenvalue weighted by Gasteiger charge is -2.36. The quantitative estimate of drug-likeness (QED) is 0.670. The van der Waals surface area contributed by atoms with Crippen molar-refractivity contribution >= 4 is 5.96 Å². The highest BCUT2D eigenvalue weighted by Gasteiger charge is 2.24. The fourth-order valence-electron chi connectivity index (χ4n) is 3.31. The van der Waals surface area contributed by atoms with Gasteiger partial charge in [0.25, 0.3) is 0 Å². The first-order chi connectivity index (χ1) is 11.8. The van der Waals surface area contributed by atoms with Gasteiger partial charge in [-0.25, -0.2) is 0 Å². The van der Waals surface area contributed by atoms with Crippen LogP contribution in [0.1, 0.15) is 18.4 Å². The summed E-state index contributed by atoms with van der Waals surface area (Å²) in [5.41, 5.74) is 1.28. The van der Waals surface area contributed by atoms with Crippen LogP contribution in [0, 0.1) is 5.92 Å². The molecular weight excluding hydrogens is 304 g/mol. The topological polar surface area (TPSA) is 49.3 Å². The van der Waals surface area contributed by atoms with Gasteiger partial charge in [0, 0.05) is 46.3 Å². The van der Waals surface area contributed by atoms with Crippen molar-refractivity contribution in [1.82, 2.24) is 15.1 Å². The van der Waals surface area contributed by atoms with E-state index in [-0.39, 0.29) is 0 Å². The van der Waals surface area contributed by atoms with Crippen LogP contribution >= 0.6 is 0 Å². The Morgan fingerprint density at radius 3 is 2.71 bits per heavy atom. The molecule has 1 saturated carbocycles. The highest BCUT2D eigenvalue weighted by atomic mass is 16.7. The number of aliphatic imine (C=N–C) groups is 1. The van der Waals surface area contributed by atoms with Crippen molar-refractivity contribution in [3.63, 3.8) is 0 Å². The van der Waals surface area contributed by atoms with Gasteiger partial charge in [-0.1, -0.05) is 6.07 Å². The summed E-state index contributed by atoms with van der Waals surface area (Å²) in [6, 6.07) is 6.25. The minimum absolute atomic E-state index is 0.338. The van der Waals surface area contributed by atoms with Crippen molar-refractivity contribution in [2.45, 2.75) is 19.4 Å². The van der Waals surface area contributed by atoms with E-state index in [0.717, 1.165) is 62.6 Å². The predicted molar refractivity (Wildman–Crippen MR) is 93.5 cm³/mol. The Hall–Kier alpha value is -1.95. The zero-order valence-corrected chi connectivity index (χ0v) is 14.3. The second-order valence-corrected chi connectivity index (χ2v) is 6.82. The molecular formula is C18H26N4O2. The minimum Gasteiger partial charge on any atom is -0.454 e. The molecule has 2 heterocycles. The van der Waals surface area contributed by atoms with Crippen molar-refractivity contribution in [2.24, 2.45) is 10.9 Å². The molecule has 2 aliphatic heterocycles. The van der Waals surface area contributed by atoms with E-state index in [1.54, 1.807) is 0 Å². The Labute approximate surface area is 143 Å². The molecule has 1 aromatic rings. The van der Waals surface area contributed by atoms with Gasteiger partial charge in [0.1, 0.15) is 0 Å². The van der Waals surface area contributed by atoms with Crippen LogP contribution in [0.15, 0.2) is 23.2 Å². The summed E-state index contributed by atoms with van der Waals surface area (Å²) >= 11 is 0. The van der Waals surface area contributed by atoms with E-state index in [1.807, 2.05) is 13.1 Å².